The molecule has 0 aromatic rings. The van der Waals surface area contributed by atoms with E-state index in [2.05, 4.69) is 13.8 Å². The summed E-state index contributed by atoms with van der Waals surface area (Å²) in [6.45, 7) is 4.38. The molecule has 0 aromatic carbocycles. The van der Waals surface area contributed by atoms with Gasteiger partial charge in [0.15, 0.2) is 0 Å². The molecule has 0 saturated heterocycles. The predicted molar refractivity (Wildman–Crippen MR) is 40.6 cm³/mol. The van der Waals surface area contributed by atoms with Gasteiger partial charge in [-0.2, -0.15) is 0 Å². The van der Waals surface area contributed by atoms with E-state index in [0.29, 0.717) is 6.10 Å². The van der Waals surface area contributed by atoms with Gasteiger partial charge in [0.2, 0.25) is 0 Å². The molecule has 0 unspecified atom stereocenters. The minimum absolute atomic E-state index is 0.505. The molecule has 0 saturated carbocycles. The lowest BCUT2D eigenvalue weighted by Gasteiger charge is -2.10. The molecule has 0 fully saturated rings. The van der Waals surface area contributed by atoms with E-state index in [4.69, 9.17) is 4.74 Å². The summed E-state index contributed by atoms with van der Waals surface area (Å²) in [5, 5.41) is 0. The van der Waals surface area contributed by atoms with E-state index in [-0.39, 0.29) is 0 Å². The highest BCUT2D eigenvalue weighted by Crippen LogP contribution is 2.06. The summed E-state index contributed by atoms with van der Waals surface area (Å²) in [6.07, 6.45) is 5.46. The summed E-state index contributed by atoms with van der Waals surface area (Å²) < 4.78 is 5.20. The normalized spacial score (nSPS) is 13.7. The lowest BCUT2D eigenvalue weighted by molar-refractivity contribution is 0.0902. The maximum atomic E-state index is 5.20. The average molecular weight is 130 g/mol. The molecule has 0 bridgehead atoms. The molecule has 1 heteroatoms. The van der Waals surface area contributed by atoms with Crippen LogP contribution in [0.15, 0.2) is 0 Å². The number of ether oxygens (including phenoxy) is 1. The molecule has 0 N–H and O–H groups in total. The van der Waals surface area contributed by atoms with E-state index in [1.54, 1.807) is 7.11 Å². The lowest BCUT2D eigenvalue weighted by Crippen LogP contribution is -2.07. The van der Waals surface area contributed by atoms with Crippen LogP contribution in [0.2, 0.25) is 0 Å². The molecule has 0 radical (unpaired) electrons. The monoisotopic (exact) mass is 130 g/mol. The van der Waals surface area contributed by atoms with Gasteiger partial charge in [-0.15, -0.1) is 0 Å². The van der Waals surface area contributed by atoms with Gasteiger partial charge in [0.25, 0.3) is 0 Å². The van der Waals surface area contributed by atoms with Crippen molar-refractivity contribution in [3.05, 3.63) is 0 Å². The van der Waals surface area contributed by atoms with Crippen LogP contribution < -0.4 is 0 Å². The first kappa shape index (κ1) is 8.96. The molecule has 0 aliphatic rings. The van der Waals surface area contributed by atoms with E-state index in [0.717, 1.165) is 6.42 Å². The van der Waals surface area contributed by atoms with Crippen LogP contribution in [0.4, 0.5) is 0 Å². The number of hydrogen-bond acceptors (Lipinski definition) is 1. The van der Waals surface area contributed by atoms with Gasteiger partial charge in [-0.25, -0.2) is 0 Å². The summed E-state index contributed by atoms with van der Waals surface area (Å²) in [6, 6.07) is 0. The maximum Gasteiger partial charge on any atom is 0.0568 e. The largest absolute Gasteiger partial charge is 0.381 e. The Hall–Kier alpha value is -0.0400. The number of rotatable bonds is 5. The van der Waals surface area contributed by atoms with E-state index in [1.165, 1.54) is 19.3 Å². The van der Waals surface area contributed by atoms with Crippen LogP contribution in [0, 0.1) is 0 Å². The zero-order valence-corrected chi connectivity index (χ0v) is 6.81. The van der Waals surface area contributed by atoms with Gasteiger partial charge in [-0.05, 0) is 12.8 Å². The third-order valence-corrected chi connectivity index (χ3v) is 1.67. The lowest BCUT2D eigenvalue weighted by atomic mass is 10.1. The Balaban J connectivity index is 3.09. The second-order valence-corrected chi connectivity index (χ2v) is 2.41. The van der Waals surface area contributed by atoms with E-state index >= 15 is 0 Å². The Bertz CT molecular complexity index is 48.5. The predicted octanol–water partition coefficient (Wildman–Crippen LogP) is 2.60. The van der Waals surface area contributed by atoms with Gasteiger partial charge in [0.1, 0.15) is 0 Å². The summed E-state index contributed by atoms with van der Waals surface area (Å²) >= 11 is 0. The molecule has 0 amide bonds. The first-order valence-corrected chi connectivity index (χ1v) is 3.87. The van der Waals surface area contributed by atoms with Gasteiger partial charge in [0.05, 0.1) is 6.10 Å². The fourth-order valence-electron chi connectivity index (χ4n) is 0.920. The van der Waals surface area contributed by atoms with Crippen LogP contribution in [0.5, 0.6) is 0 Å². The van der Waals surface area contributed by atoms with Crippen LogP contribution in [0.25, 0.3) is 0 Å². The van der Waals surface area contributed by atoms with Crippen molar-refractivity contribution in [3.63, 3.8) is 0 Å². The fraction of sp³-hybridized carbons (Fsp3) is 1.00. The summed E-state index contributed by atoms with van der Waals surface area (Å²) in [4.78, 5) is 0. The molecule has 0 spiro atoms. The van der Waals surface area contributed by atoms with Crippen LogP contribution in [0.1, 0.15) is 39.5 Å². The second-order valence-electron chi connectivity index (χ2n) is 2.41. The van der Waals surface area contributed by atoms with Gasteiger partial charge in [-0.3, -0.25) is 0 Å². The Morgan fingerprint density at radius 3 is 2.33 bits per heavy atom. The van der Waals surface area contributed by atoms with Gasteiger partial charge < -0.3 is 4.74 Å². The zero-order valence-electron chi connectivity index (χ0n) is 6.81. The second kappa shape index (κ2) is 6.09. The quantitative estimate of drug-likeness (QED) is 0.556. The van der Waals surface area contributed by atoms with Crippen molar-refractivity contribution in [1.82, 2.24) is 0 Å². The first-order chi connectivity index (χ1) is 4.35. The van der Waals surface area contributed by atoms with Crippen LogP contribution in [-0.4, -0.2) is 13.2 Å². The molecular formula is C8H18O. The molecule has 0 rings (SSSR count). The third-order valence-electron chi connectivity index (χ3n) is 1.67. The molecule has 0 aliphatic heterocycles. The number of unbranched alkanes of at least 4 members (excludes halogenated alkanes) is 1. The minimum atomic E-state index is 0.505. The fourth-order valence-corrected chi connectivity index (χ4v) is 0.920. The summed E-state index contributed by atoms with van der Waals surface area (Å²) in [5.74, 6) is 0. The van der Waals surface area contributed by atoms with Crippen LogP contribution in [-0.2, 0) is 4.74 Å². The zero-order chi connectivity index (χ0) is 7.11. The van der Waals surface area contributed by atoms with Gasteiger partial charge >= 0.3 is 0 Å². The Morgan fingerprint density at radius 2 is 2.00 bits per heavy atom. The van der Waals surface area contributed by atoms with Gasteiger partial charge in [-0.1, -0.05) is 26.7 Å². The Morgan fingerprint density at radius 1 is 1.33 bits per heavy atom. The number of hydrogen-bond donors (Lipinski definition) is 0. The van der Waals surface area contributed by atoms with Crippen molar-refractivity contribution in [2.24, 2.45) is 0 Å². The highest BCUT2D eigenvalue weighted by molar-refractivity contribution is 4.52. The van der Waals surface area contributed by atoms with Crippen LogP contribution >= 0.6 is 0 Å². The third kappa shape index (κ3) is 4.46. The van der Waals surface area contributed by atoms with Crippen molar-refractivity contribution >= 4 is 0 Å². The Kier molecular flexibility index (Phi) is 6.06. The molecule has 56 valence electrons. The first-order valence-electron chi connectivity index (χ1n) is 3.87. The smallest absolute Gasteiger partial charge is 0.0568 e. The SMILES string of the molecule is CCCC[C@H](CC)OC. The van der Waals surface area contributed by atoms with E-state index < -0.39 is 0 Å². The molecule has 9 heavy (non-hydrogen) atoms. The van der Waals surface area contributed by atoms with Crippen molar-refractivity contribution in [2.75, 3.05) is 7.11 Å². The maximum absolute atomic E-state index is 5.20. The summed E-state index contributed by atoms with van der Waals surface area (Å²) in [5.41, 5.74) is 0. The highest BCUT2D eigenvalue weighted by atomic mass is 16.5. The summed E-state index contributed by atoms with van der Waals surface area (Å²) in [7, 11) is 1.80. The average Bonchev–Trinajstić information content (AvgIpc) is 1.91. The van der Waals surface area contributed by atoms with Crippen molar-refractivity contribution in [2.45, 2.75) is 45.6 Å². The molecule has 0 heterocycles. The van der Waals surface area contributed by atoms with E-state index in [1.807, 2.05) is 0 Å². The van der Waals surface area contributed by atoms with Crippen LogP contribution in [0.3, 0.4) is 0 Å². The van der Waals surface area contributed by atoms with Crippen molar-refractivity contribution in [1.29, 1.82) is 0 Å². The standard InChI is InChI=1S/C8H18O/c1-4-6-7-8(5-2)9-3/h8H,4-7H2,1-3H3/t8-/m0/s1. The Labute approximate surface area is 58.4 Å². The minimum Gasteiger partial charge on any atom is -0.381 e. The van der Waals surface area contributed by atoms with E-state index in [9.17, 15) is 0 Å². The molecule has 0 aliphatic carbocycles. The van der Waals surface area contributed by atoms with Crippen molar-refractivity contribution in [3.8, 4) is 0 Å². The molecule has 0 aromatic heterocycles. The molecule has 1 atom stereocenters. The highest BCUT2D eigenvalue weighted by Gasteiger charge is 2.00. The molecular weight excluding hydrogens is 112 g/mol. The molecule has 1 nitrogen and oxygen atoms in total. The number of methoxy groups -OCH3 is 1. The topological polar surface area (TPSA) is 9.23 Å². The van der Waals surface area contributed by atoms with Gasteiger partial charge in [0, 0.05) is 7.11 Å². The van der Waals surface area contributed by atoms with Crippen molar-refractivity contribution < 1.29 is 4.74 Å².